The van der Waals surface area contributed by atoms with E-state index in [1.165, 1.54) is 5.56 Å². The van der Waals surface area contributed by atoms with Gasteiger partial charge in [-0.25, -0.2) is 0 Å². The monoisotopic (exact) mass is 364 g/mol. The first-order valence-electron chi connectivity index (χ1n) is 9.64. The minimum atomic E-state index is -1.20. The molecule has 1 heteroatoms. The molecule has 138 valence electrons. The van der Waals surface area contributed by atoms with Crippen molar-refractivity contribution in [1.29, 1.82) is 0 Å². The molecular weight excluding hydrogens is 340 g/mol. The maximum absolute atomic E-state index is 12.4. The zero-order valence-electron chi connectivity index (χ0n) is 16.0. The van der Waals surface area contributed by atoms with Gasteiger partial charge in [0.2, 0.25) is 0 Å². The van der Waals surface area contributed by atoms with Crippen LogP contribution in [0.5, 0.6) is 0 Å². The van der Waals surface area contributed by atoms with Crippen LogP contribution < -0.4 is 0 Å². The number of hydrogen-bond acceptors (Lipinski definition) is 1. The third-order valence-electron chi connectivity index (χ3n) is 5.39. The minimum Gasteiger partial charge on any atom is -0.379 e. The second kappa shape index (κ2) is 7.84. The van der Waals surface area contributed by atoms with E-state index in [0.29, 0.717) is 0 Å². The smallest absolute Gasteiger partial charge is 0.125 e. The molecule has 0 saturated carbocycles. The summed E-state index contributed by atoms with van der Waals surface area (Å²) in [6, 6.07) is 38.8. The summed E-state index contributed by atoms with van der Waals surface area (Å²) in [6.07, 6.45) is 0. The molecule has 0 radical (unpaired) electrons. The average Bonchev–Trinajstić information content (AvgIpc) is 2.76. The van der Waals surface area contributed by atoms with Crippen LogP contribution in [0.1, 0.15) is 33.7 Å². The molecule has 28 heavy (non-hydrogen) atoms. The standard InChI is InChI=1S/C27H24O/c1-21-17-19-25(20-18-21)27(28,24-15-9-4-10-16-24)26(22-11-5-2-6-12-22)23-13-7-3-8-14-23/h2-20,26,28H,1H3. The van der Waals surface area contributed by atoms with E-state index in [9.17, 15) is 5.11 Å². The predicted molar refractivity (Wildman–Crippen MR) is 115 cm³/mol. The third-order valence-corrected chi connectivity index (χ3v) is 5.39. The van der Waals surface area contributed by atoms with Crippen LogP contribution in [0.4, 0.5) is 0 Å². The number of rotatable bonds is 5. The summed E-state index contributed by atoms with van der Waals surface area (Å²) < 4.78 is 0. The summed E-state index contributed by atoms with van der Waals surface area (Å²) in [5, 5.41) is 12.4. The highest BCUT2D eigenvalue weighted by molar-refractivity contribution is 5.47. The van der Waals surface area contributed by atoms with E-state index >= 15 is 0 Å². The molecule has 0 aromatic heterocycles. The van der Waals surface area contributed by atoms with Crippen LogP contribution in [0.2, 0.25) is 0 Å². The normalized spacial score (nSPS) is 13.2. The van der Waals surface area contributed by atoms with Crippen molar-refractivity contribution < 1.29 is 5.11 Å². The van der Waals surface area contributed by atoms with Crippen LogP contribution in [0.25, 0.3) is 0 Å². The van der Waals surface area contributed by atoms with Gasteiger partial charge in [-0.05, 0) is 29.2 Å². The van der Waals surface area contributed by atoms with Gasteiger partial charge in [-0.2, -0.15) is 0 Å². The van der Waals surface area contributed by atoms with E-state index in [4.69, 9.17) is 0 Å². The Labute approximate surface area is 166 Å². The Morgan fingerprint density at radius 2 is 0.929 bits per heavy atom. The summed E-state index contributed by atoms with van der Waals surface area (Å²) in [7, 11) is 0. The van der Waals surface area contributed by atoms with Gasteiger partial charge in [0.1, 0.15) is 5.60 Å². The second-order valence-corrected chi connectivity index (χ2v) is 7.25. The Hall–Kier alpha value is -3.16. The molecule has 0 spiro atoms. The van der Waals surface area contributed by atoms with Gasteiger partial charge in [0.25, 0.3) is 0 Å². The average molecular weight is 364 g/mol. The fraction of sp³-hybridized carbons (Fsp3) is 0.111. The number of aliphatic hydroxyl groups is 1. The van der Waals surface area contributed by atoms with Crippen molar-refractivity contribution >= 4 is 0 Å². The fourth-order valence-corrected chi connectivity index (χ4v) is 3.97. The van der Waals surface area contributed by atoms with Crippen molar-refractivity contribution in [1.82, 2.24) is 0 Å². The fourth-order valence-electron chi connectivity index (χ4n) is 3.97. The second-order valence-electron chi connectivity index (χ2n) is 7.25. The first kappa shape index (κ1) is 18.2. The molecule has 0 fully saturated rings. The van der Waals surface area contributed by atoms with Gasteiger partial charge in [0.15, 0.2) is 0 Å². The molecule has 4 aromatic rings. The van der Waals surface area contributed by atoms with Gasteiger partial charge < -0.3 is 5.11 Å². The van der Waals surface area contributed by atoms with E-state index in [-0.39, 0.29) is 5.92 Å². The van der Waals surface area contributed by atoms with Gasteiger partial charge in [-0.1, -0.05) is 121 Å². The van der Waals surface area contributed by atoms with Crippen molar-refractivity contribution in [3.05, 3.63) is 143 Å². The zero-order chi connectivity index (χ0) is 19.4. The maximum atomic E-state index is 12.4. The van der Waals surface area contributed by atoms with Crippen molar-refractivity contribution in [2.24, 2.45) is 0 Å². The van der Waals surface area contributed by atoms with E-state index in [2.05, 4.69) is 43.3 Å². The van der Waals surface area contributed by atoms with Crippen LogP contribution >= 0.6 is 0 Å². The van der Waals surface area contributed by atoms with Crippen molar-refractivity contribution in [3.63, 3.8) is 0 Å². The molecular formula is C27H24O. The molecule has 1 N–H and O–H groups in total. The molecule has 0 aliphatic carbocycles. The van der Waals surface area contributed by atoms with Crippen LogP contribution in [0, 0.1) is 6.92 Å². The number of hydrogen-bond donors (Lipinski definition) is 1. The lowest BCUT2D eigenvalue weighted by molar-refractivity contribution is 0.0625. The Morgan fingerprint density at radius 1 is 0.536 bits per heavy atom. The van der Waals surface area contributed by atoms with Crippen molar-refractivity contribution in [3.8, 4) is 0 Å². The van der Waals surface area contributed by atoms with E-state index in [1.54, 1.807) is 0 Å². The first-order valence-corrected chi connectivity index (χ1v) is 9.64. The quantitative estimate of drug-likeness (QED) is 0.456. The van der Waals surface area contributed by atoms with Crippen molar-refractivity contribution in [2.45, 2.75) is 18.4 Å². The first-order chi connectivity index (χ1) is 13.7. The molecule has 0 bridgehead atoms. The lowest BCUT2D eigenvalue weighted by Crippen LogP contribution is -2.35. The van der Waals surface area contributed by atoms with E-state index in [1.807, 2.05) is 78.9 Å². The van der Waals surface area contributed by atoms with Crippen LogP contribution in [-0.4, -0.2) is 5.11 Å². The van der Waals surface area contributed by atoms with Crippen molar-refractivity contribution in [2.75, 3.05) is 0 Å². The Balaban J connectivity index is 2.01. The Morgan fingerprint density at radius 3 is 1.39 bits per heavy atom. The summed E-state index contributed by atoms with van der Waals surface area (Å²) in [6.45, 7) is 2.07. The highest BCUT2D eigenvalue weighted by atomic mass is 16.3. The lowest BCUT2D eigenvalue weighted by Gasteiger charge is -2.38. The molecule has 0 amide bonds. The topological polar surface area (TPSA) is 20.2 Å². The SMILES string of the molecule is Cc1ccc(C(O)(c2ccccc2)C(c2ccccc2)c2ccccc2)cc1. The summed E-state index contributed by atoms with van der Waals surface area (Å²) in [5.41, 5.74) is 3.92. The maximum Gasteiger partial charge on any atom is 0.125 e. The Kier molecular flexibility index (Phi) is 5.10. The molecule has 0 aliphatic rings. The van der Waals surface area contributed by atoms with Gasteiger partial charge in [-0.3, -0.25) is 0 Å². The number of aryl methyl sites for hydroxylation is 1. The predicted octanol–water partition coefficient (Wildman–Crippen LogP) is 6.06. The Bertz CT molecular complexity index is 969. The van der Waals surface area contributed by atoms with Crippen LogP contribution in [0.3, 0.4) is 0 Å². The van der Waals surface area contributed by atoms with Crippen LogP contribution in [-0.2, 0) is 5.60 Å². The highest BCUT2D eigenvalue weighted by Gasteiger charge is 2.42. The lowest BCUT2D eigenvalue weighted by atomic mass is 9.70. The van der Waals surface area contributed by atoms with Crippen LogP contribution in [0.15, 0.2) is 115 Å². The van der Waals surface area contributed by atoms with E-state index in [0.717, 1.165) is 22.3 Å². The molecule has 4 rings (SSSR count). The molecule has 0 heterocycles. The molecule has 1 unspecified atom stereocenters. The molecule has 4 aromatic carbocycles. The van der Waals surface area contributed by atoms with Gasteiger partial charge in [-0.15, -0.1) is 0 Å². The largest absolute Gasteiger partial charge is 0.379 e. The van der Waals surface area contributed by atoms with Gasteiger partial charge in [0.05, 0.1) is 0 Å². The summed E-state index contributed by atoms with van der Waals surface area (Å²) in [5.74, 6) is -0.236. The highest BCUT2D eigenvalue weighted by Crippen LogP contribution is 2.46. The molecule has 1 nitrogen and oxygen atoms in total. The molecule has 1 atom stereocenters. The molecule has 0 saturated heterocycles. The zero-order valence-corrected chi connectivity index (χ0v) is 16.0. The molecule has 0 aliphatic heterocycles. The minimum absolute atomic E-state index is 0.236. The van der Waals surface area contributed by atoms with E-state index < -0.39 is 5.60 Å². The third kappa shape index (κ3) is 3.37. The number of benzene rings is 4. The van der Waals surface area contributed by atoms with Gasteiger partial charge >= 0.3 is 0 Å². The van der Waals surface area contributed by atoms with Gasteiger partial charge in [0, 0.05) is 5.92 Å². The summed E-state index contributed by atoms with van der Waals surface area (Å²) in [4.78, 5) is 0. The summed E-state index contributed by atoms with van der Waals surface area (Å²) >= 11 is 0.